The summed E-state index contributed by atoms with van der Waals surface area (Å²) >= 11 is 3.67. The fourth-order valence-corrected chi connectivity index (χ4v) is 6.31. The van der Waals surface area contributed by atoms with E-state index < -0.39 is 5.92 Å². The minimum atomic E-state index is -0.397. The summed E-state index contributed by atoms with van der Waals surface area (Å²) in [5, 5.41) is 0. The quantitative estimate of drug-likeness (QED) is 0.441. The van der Waals surface area contributed by atoms with Crippen molar-refractivity contribution in [3.8, 4) is 11.5 Å². The minimum absolute atomic E-state index is 0.0210. The molecular formula is C28H36BrNO4. The molecule has 1 aliphatic heterocycles. The van der Waals surface area contributed by atoms with E-state index in [2.05, 4.69) is 48.5 Å². The van der Waals surface area contributed by atoms with Gasteiger partial charge in [-0.3, -0.25) is 9.59 Å². The Morgan fingerprint density at radius 2 is 1.44 bits per heavy atom. The second-order valence-electron chi connectivity index (χ2n) is 11.8. The van der Waals surface area contributed by atoms with Crippen LogP contribution in [0.5, 0.6) is 11.5 Å². The lowest BCUT2D eigenvalue weighted by molar-refractivity contribution is -0.119. The van der Waals surface area contributed by atoms with Crippen molar-refractivity contribution in [2.24, 2.45) is 10.8 Å². The first kappa shape index (κ1) is 25.0. The third-order valence-electron chi connectivity index (χ3n) is 7.12. The van der Waals surface area contributed by atoms with Gasteiger partial charge in [-0.2, -0.15) is 0 Å². The van der Waals surface area contributed by atoms with Crippen LogP contribution in [0, 0.1) is 10.8 Å². The van der Waals surface area contributed by atoms with Gasteiger partial charge in [0, 0.05) is 48.3 Å². The number of carbonyl (C=O) groups excluding carboxylic acids is 2. The zero-order chi connectivity index (χ0) is 25.2. The Kier molecular flexibility index (Phi) is 6.29. The normalized spacial score (nSPS) is 22.2. The van der Waals surface area contributed by atoms with Gasteiger partial charge in [-0.1, -0.05) is 27.7 Å². The molecule has 4 rings (SSSR count). The van der Waals surface area contributed by atoms with Gasteiger partial charge in [0.2, 0.25) is 0 Å². The van der Waals surface area contributed by atoms with Crippen molar-refractivity contribution in [2.45, 2.75) is 79.2 Å². The molecule has 1 aromatic rings. The van der Waals surface area contributed by atoms with Crippen LogP contribution in [-0.4, -0.2) is 36.7 Å². The van der Waals surface area contributed by atoms with Crippen LogP contribution in [0.15, 0.2) is 39.1 Å². The van der Waals surface area contributed by atoms with Gasteiger partial charge in [0.1, 0.15) is 0 Å². The number of carbonyl (C=O) groups is 2. The number of ether oxygens (including phenoxy) is 2. The molecule has 0 radical (unpaired) electrons. The number of ketones is 2. The molecule has 5 nitrogen and oxygen atoms in total. The fraction of sp³-hybridized carbons (Fsp3) is 0.571. The first-order valence-corrected chi connectivity index (χ1v) is 12.8. The minimum Gasteiger partial charge on any atom is -0.493 e. The van der Waals surface area contributed by atoms with Crippen LogP contribution in [-0.2, 0) is 9.59 Å². The Bertz CT molecular complexity index is 1070. The van der Waals surface area contributed by atoms with E-state index in [1.165, 1.54) is 0 Å². The molecule has 0 fully saturated rings. The zero-order valence-electron chi connectivity index (χ0n) is 21.6. The van der Waals surface area contributed by atoms with Crippen molar-refractivity contribution in [1.82, 2.24) is 4.90 Å². The number of hydrogen-bond acceptors (Lipinski definition) is 5. The smallest absolute Gasteiger partial charge is 0.175 e. The first-order chi connectivity index (χ1) is 15.7. The van der Waals surface area contributed by atoms with Crippen LogP contribution in [0.4, 0.5) is 0 Å². The van der Waals surface area contributed by atoms with Crippen molar-refractivity contribution in [3.05, 3.63) is 44.7 Å². The SMILES string of the molecule is COc1cc(C2C3=C(CC(C)(C)CC3=O)N(C)C3=C2C(=O)CC(C)(C)C3)cc(Br)c1OC(C)C. The summed E-state index contributed by atoms with van der Waals surface area (Å²) in [5.41, 5.74) is 4.28. The standard InChI is InChI=1S/C28H36BrNO4/c1-15(2)34-26-17(29)9-16(10-22(26)33-8)23-24-18(11-27(3,4)13-20(24)31)30(7)19-12-28(5,6)14-21(32)25(19)23/h9-10,15,23H,11-14H2,1-8H3. The zero-order valence-corrected chi connectivity index (χ0v) is 23.2. The summed E-state index contributed by atoms with van der Waals surface area (Å²) in [6, 6.07) is 3.93. The highest BCUT2D eigenvalue weighted by molar-refractivity contribution is 9.10. The highest BCUT2D eigenvalue weighted by Crippen LogP contribution is 2.55. The average molecular weight is 531 g/mol. The number of hydrogen-bond donors (Lipinski definition) is 0. The number of methoxy groups -OCH3 is 1. The molecule has 0 atom stereocenters. The van der Waals surface area contributed by atoms with E-state index in [1.807, 2.05) is 33.0 Å². The van der Waals surface area contributed by atoms with Gasteiger partial charge in [-0.25, -0.2) is 0 Å². The second kappa shape index (κ2) is 8.54. The third kappa shape index (κ3) is 4.34. The molecule has 0 amide bonds. The van der Waals surface area contributed by atoms with Gasteiger partial charge < -0.3 is 14.4 Å². The van der Waals surface area contributed by atoms with E-state index in [1.54, 1.807) is 7.11 Å². The lowest BCUT2D eigenvalue weighted by atomic mass is 9.64. The summed E-state index contributed by atoms with van der Waals surface area (Å²) < 4.78 is 12.5. The van der Waals surface area contributed by atoms with E-state index in [4.69, 9.17) is 9.47 Å². The number of halogens is 1. The van der Waals surface area contributed by atoms with Gasteiger partial charge in [-0.15, -0.1) is 0 Å². The lowest BCUT2D eigenvalue weighted by Crippen LogP contribution is -2.43. The maximum Gasteiger partial charge on any atom is 0.175 e. The summed E-state index contributed by atoms with van der Waals surface area (Å²) in [4.78, 5) is 29.4. The molecule has 0 saturated heterocycles. The predicted molar refractivity (Wildman–Crippen MR) is 137 cm³/mol. The predicted octanol–water partition coefficient (Wildman–Crippen LogP) is 6.56. The van der Waals surface area contributed by atoms with Gasteiger partial charge in [0.15, 0.2) is 23.1 Å². The Morgan fingerprint density at radius 1 is 0.941 bits per heavy atom. The van der Waals surface area contributed by atoms with Crippen molar-refractivity contribution >= 4 is 27.5 Å². The number of benzene rings is 1. The number of allylic oxidation sites excluding steroid dienone is 4. The molecule has 184 valence electrons. The highest BCUT2D eigenvalue weighted by Gasteiger charge is 2.48. The Labute approximate surface area is 211 Å². The van der Waals surface area contributed by atoms with Crippen LogP contribution < -0.4 is 9.47 Å². The number of Topliss-reactive ketones (excluding diaryl/α,β-unsaturated/α-hetero) is 2. The van der Waals surface area contributed by atoms with E-state index in [0.717, 1.165) is 45.4 Å². The number of nitrogens with zero attached hydrogens (tertiary/aromatic N) is 1. The number of rotatable bonds is 4. The molecule has 2 aliphatic carbocycles. The van der Waals surface area contributed by atoms with Crippen molar-refractivity contribution in [1.29, 1.82) is 0 Å². The maximum absolute atomic E-state index is 13.6. The van der Waals surface area contributed by atoms with E-state index >= 15 is 0 Å². The largest absolute Gasteiger partial charge is 0.493 e. The van der Waals surface area contributed by atoms with E-state index in [0.29, 0.717) is 24.3 Å². The van der Waals surface area contributed by atoms with E-state index in [-0.39, 0.29) is 28.5 Å². The van der Waals surface area contributed by atoms with Crippen molar-refractivity contribution in [3.63, 3.8) is 0 Å². The third-order valence-corrected chi connectivity index (χ3v) is 7.71. The Balaban J connectivity index is 1.97. The van der Waals surface area contributed by atoms with Crippen LogP contribution in [0.25, 0.3) is 0 Å². The van der Waals surface area contributed by atoms with Gasteiger partial charge in [0.25, 0.3) is 0 Å². The molecule has 6 heteroatoms. The molecule has 1 heterocycles. The maximum atomic E-state index is 13.6. The fourth-order valence-electron chi connectivity index (χ4n) is 5.75. The van der Waals surface area contributed by atoms with Gasteiger partial charge >= 0.3 is 0 Å². The van der Waals surface area contributed by atoms with Crippen LogP contribution >= 0.6 is 15.9 Å². The molecule has 1 aromatic carbocycles. The summed E-state index contributed by atoms with van der Waals surface area (Å²) in [6.07, 6.45) is 2.54. The Hall–Kier alpha value is -2.08. The molecule has 34 heavy (non-hydrogen) atoms. The Morgan fingerprint density at radius 3 is 1.88 bits per heavy atom. The molecule has 0 unspecified atom stereocenters. The molecule has 0 bridgehead atoms. The van der Waals surface area contributed by atoms with Gasteiger partial charge in [0.05, 0.1) is 17.7 Å². The van der Waals surface area contributed by atoms with Crippen molar-refractivity contribution in [2.75, 3.05) is 14.2 Å². The summed E-state index contributed by atoms with van der Waals surface area (Å²) in [6.45, 7) is 12.5. The highest BCUT2D eigenvalue weighted by atomic mass is 79.9. The lowest BCUT2D eigenvalue weighted by Gasteiger charge is -2.48. The van der Waals surface area contributed by atoms with E-state index in [9.17, 15) is 9.59 Å². The monoisotopic (exact) mass is 529 g/mol. The molecular weight excluding hydrogens is 494 g/mol. The molecule has 0 saturated carbocycles. The first-order valence-electron chi connectivity index (χ1n) is 12.0. The molecule has 0 N–H and O–H groups in total. The summed E-state index contributed by atoms with van der Waals surface area (Å²) in [5.74, 6) is 1.08. The molecule has 0 spiro atoms. The second-order valence-corrected chi connectivity index (χ2v) is 12.6. The van der Waals surface area contributed by atoms with Crippen LogP contribution in [0.1, 0.15) is 78.7 Å². The van der Waals surface area contributed by atoms with Crippen molar-refractivity contribution < 1.29 is 19.1 Å². The molecule has 3 aliphatic rings. The summed E-state index contributed by atoms with van der Waals surface area (Å²) in [7, 11) is 3.64. The average Bonchev–Trinajstić information content (AvgIpc) is 2.69. The van der Waals surface area contributed by atoms with Crippen LogP contribution in [0.2, 0.25) is 0 Å². The van der Waals surface area contributed by atoms with Gasteiger partial charge in [-0.05, 0) is 71.1 Å². The molecule has 0 aromatic heterocycles. The van der Waals surface area contributed by atoms with Crippen LogP contribution in [0.3, 0.4) is 0 Å². The topological polar surface area (TPSA) is 55.8 Å².